The highest BCUT2D eigenvalue weighted by Gasteiger charge is 2.08. The van der Waals surface area contributed by atoms with Crippen LogP contribution in [0.5, 0.6) is 11.8 Å². The number of aromatic amines is 1. The van der Waals surface area contributed by atoms with Crippen molar-refractivity contribution in [1.82, 2.24) is 15.2 Å². The number of anilines is 1. The first-order valence-electron chi connectivity index (χ1n) is 5.63. The molecule has 1 amide bonds. The molecule has 2 N–H and O–H groups in total. The number of aryl methyl sites for hydroxylation is 1. The van der Waals surface area contributed by atoms with Gasteiger partial charge in [0.2, 0.25) is 5.95 Å². The van der Waals surface area contributed by atoms with Crippen molar-refractivity contribution in [3.05, 3.63) is 29.8 Å². The molecular weight excluding hydrogens is 248 g/mol. The molecule has 0 aliphatic rings. The Hall–Kier alpha value is -2.57. The number of hydrogen-bond acceptors (Lipinski definition) is 5. The number of nitrogens with zero attached hydrogens (tertiary/aromatic N) is 2. The number of hydrogen-bond donors (Lipinski definition) is 2. The smallest absolute Gasteiger partial charge is 0.336 e. The SMILES string of the molecule is COc1n[nH]c(NC(=O)COc2cccc(C)c2)n1. The molecule has 2 aromatic rings. The predicted molar refractivity (Wildman–Crippen MR) is 68.2 cm³/mol. The van der Waals surface area contributed by atoms with Crippen molar-refractivity contribution in [2.75, 3.05) is 19.0 Å². The number of benzene rings is 1. The molecule has 2 rings (SSSR count). The Kier molecular flexibility index (Phi) is 3.97. The van der Waals surface area contributed by atoms with Gasteiger partial charge in [0.1, 0.15) is 5.75 Å². The van der Waals surface area contributed by atoms with Crippen molar-refractivity contribution in [3.8, 4) is 11.8 Å². The zero-order valence-electron chi connectivity index (χ0n) is 10.6. The van der Waals surface area contributed by atoms with Crippen molar-refractivity contribution in [1.29, 1.82) is 0 Å². The van der Waals surface area contributed by atoms with Crippen LogP contribution in [0.4, 0.5) is 5.95 Å². The number of aromatic nitrogens is 3. The van der Waals surface area contributed by atoms with Gasteiger partial charge in [0, 0.05) is 0 Å². The van der Waals surface area contributed by atoms with E-state index < -0.39 is 0 Å². The lowest BCUT2D eigenvalue weighted by atomic mass is 10.2. The van der Waals surface area contributed by atoms with Gasteiger partial charge >= 0.3 is 6.01 Å². The first-order chi connectivity index (χ1) is 9.17. The van der Waals surface area contributed by atoms with Gasteiger partial charge in [0.15, 0.2) is 6.61 Å². The van der Waals surface area contributed by atoms with Crippen molar-refractivity contribution in [3.63, 3.8) is 0 Å². The Labute approximate surface area is 110 Å². The topological polar surface area (TPSA) is 89.1 Å². The number of carbonyl (C=O) groups is 1. The summed E-state index contributed by atoms with van der Waals surface area (Å²) in [5, 5.41) is 8.73. The molecule has 0 aliphatic heterocycles. The van der Waals surface area contributed by atoms with E-state index in [4.69, 9.17) is 9.47 Å². The van der Waals surface area contributed by atoms with E-state index in [0.29, 0.717) is 5.75 Å². The van der Waals surface area contributed by atoms with Gasteiger partial charge in [-0.25, -0.2) is 5.10 Å². The summed E-state index contributed by atoms with van der Waals surface area (Å²) in [6.45, 7) is 1.85. The van der Waals surface area contributed by atoms with E-state index in [1.54, 1.807) is 6.07 Å². The fourth-order valence-electron chi connectivity index (χ4n) is 1.42. The minimum absolute atomic E-state index is 0.105. The Bertz CT molecular complexity index is 568. The van der Waals surface area contributed by atoms with E-state index in [2.05, 4.69) is 20.5 Å². The van der Waals surface area contributed by atoms with Crippen molar-refractivity contribution in [2.45, 2.75) is 6.92 Å². The molecule has 1 aromatic carbocycles. The van der Waals surface area contributed by atoms with E-state index in [0.717, 1.165) is 5.56 Å². The Balaban J connectivity index is 1.84. The Morgan fingerprint density at radius 2 is 2.32 bits per heavy atom. The molecule has 7 nitrogen and oxygen atoms in total. The van der Waals surface area contributed by atoms with Crippen molar-refractivity contribution >= 4 is 11.9 Å². The molecule has 100 valence electrons. The molecule has 0 fully saturated rings. The molecule has 0 saturated heterocycles. The molecule has 0 bridgehead atoms. The first-order valence-corrected chi connectivity index (χ1v) is 5.63. The number of nitrogens with one attached hydrogen (secondary N) is 2. The second-order valence-corrected chi connectivity index (χ2v) is 3.82. The summed E-state index contributed by atoms with van der Waals surface area (Å²) in [4.78, 5) is 15.5. The maximum atomic E-state index is 11.6. The second-order valence-electron chi connectivity index (χ2n) is 3.82. The maximum absolute atomic E-state index is 11.6. The van der Waals surface area contributed by atoms with Crippen LogP contribution >= 0.6 is 0 Å². The highest BCUT2D eigenvalue weighted by Crippen LogP contribution is 2.12. The number of methoxy groups -OCH3 is 1. The molecule has 0 spiro atoms. The summed E-state index contributed by atoms with van der Waals surface area (Å²) in [7, 11) is 1.44. The molecule has 0 atom stereocenters. The van der Waals surface area contributed by atoms with Crippen molar-refractivity contribution < 1.29 is 14.3 Å². The third-order valence-electron chi connectivity index (χ3n) is 2.26. The van der Waals surface area contributed by atoms with Gasteiger partial charge in [0.25, 0.3) is 5.91 Å². The molecule has 7 heteroatoms. The van der Waals surface area contributed by atoms with Crippen LogP contribution in [0.25, 0.3) is 0 Å². The lowest BCUT2D eigenvalue weighted by Gasteiger charge is -2.06. The minimum atomic E-state index is -0.333. The maximum Gasteiger partial charge on any atom is 0.336 e. The third-order valence-corrected chi connectivity index (χ3v) is 2.26. The van der Waals surface area contributed by atoms with E-state index in [1.807, 2.05) is 25.1 Å². The Morgan fingerprint density at radius 3 is 3.00 bits per heavy atom. The summed E-state index contributed by atoms with van der Waals surface area (Å²) in [6.07, 6.45) is 0. The molecule has 1 aromatic heterocycles. The van der Waals surface area contributed by atoms with Gasteiger partial charge in [-0.15, -0.1) is 5.10 Å². The van der Waals surface area contributed by atoms with Crippen LogP contribution in [0.3, 0.4) is 0 Å². The number of ether oxygens (including phenoxy) is 2. The van der Waals surface area contributed by atoms with E-state index in [1.165, 1.54) is 7.11 Å². The van der Waals surface area contributed by atoms with Gasteiger partial charge in [0.05, 0.1) is 7.11 Å². The zero-order valence-corrected chi connectivity index (χ0v) is 10.6. The van der Waals surface area contributed by atoms with Crippen molar-refractivity contribution in [2.24, 2.45) is 0 Å². The van der Waals surface area contributed by atoms with Gasteiger partial charge in [-0.2, -0.15) is 4.98 Å². The van der Waals surface area contributed by atoms with Gasteiger partial charge in [-0.3, -0.25) is 10.1 Å². The fourth-order valence-corrected chi connectivity index (χ4v) is 1.42. The van der Waals surface area contributed by atoms with Crippen LogP contribution in [0, 0.1) is 6.92 Å². The second kappa shape index (κ2) is 5.85. The summed E-state index contributed by atoms with van der Waals surface area (Å²) in [5.41, 5.74) is 1.07. The first kappa shape index (κ1) is 12.9. The lowest BCUT2D eigenvalue weighted by Crippen LogP contribution is -2.20. The number of amides is 1. The van der Waals surface area contributed by atoms with Gasteiger partial charge in [-0.1, -0.05) is 12.1 Å². The number of rotatable bonds is 5. The molecule has 1 heterocycles. The third kappa shape index (κ3) is 3.70. The highest BCUT2D eigenvalue weighted by atomic mass is 16.5. The normalized spacial score (nSPS) is 10.0. The summed E-state index contributed by atoms with van der Waals surface area (Å²) in [6, 6.07) is 7.62. The molecular formula is C12H14N4O3. The predicted octanol–water partition coefficient (Wildman–Crippen LogP) is 1.14. The fraction of sp³-hybridized carbons (Fsp3) is 0.250. The summed E-state index contributed by atoms with van der Waals surface area (Å²) < 4.78 is 10.1. The van der Waals surface area contributed by atoms with Crippen LogP contribution < -0.4 is 14.8 Å². The number of H-pyrrole nitrogens is 1. The minimum Gasteiger partial charge on any atom is -0.484 e. The summed E-state index contributed by atoms with van der Waals surface area (Å²) in [5.74, 6) is 0.528. The monoisotopic (exact) mass is 262 g/mol. The van der Waals surface area contributed by atoms with Gasteiger partial charge < -0.3 is 9.47 Å². The van der Waals surface area contributed by atoms with Crippen LogP contribution in [0.1, 0.15) is 5.56 Å². The molecule has 0 saturated carbocycles. The van der Waals surface area contributed by atoms with Crippen LogP contribution in [0.2, 0.25) is 0 Å². The lowest BCUT2D eigenvalue weighted by molar-refractivity contribution is -0.118. The van der Waals surface area contributed by atoms with E-state index in [-0.39, 0.29) is 24.5 Å². The molecule has 0 unspecified atom stereocenters. The average molecular weight is 262 g/mol. The molecule has 0 radical (unpaired) electrons. The standard InChI is InChI=1S/C12H14N4O3/c1-8-4-3-5-9(6-8)19-7-10(17)13-11-14-12(18-2)16-15-11/h3-6H,7H2,1-2H3,(H2,13,14,15,16,17). The Morgan fingerprint density at radius 1 is 1.47 bits per heavy atom. The van der Waals surface area contributed by atoms with E-state index in [9.17, 15) is 4.79 Å². The van der Waals surface area contributed by atoms with Crippen LogP contribution in [-0.4, -0.2) is 34.8 Å². The number of carbonyl (C=O) groups excluding carboxylic acids is 1. The largest absolute Gasteiger partial charge is 0.484 e. The molecule has 19 heavy (non-hydrogen) atoms. The zero-order chi connectivity index (χ0) is 13.7. The van der Waals surface area contributed by atoms with Crippen LogP contribution in [0.15, 0.2) is 24.3 Å². The highest BCUT2D eigenvalue weighted by molar-refractivity contribution is 5.90. The average Bonchev–Trinajstić information content (AvgIpc) is 2.84. The van der Waals surface area contributed by atoms with Crippen LogP contribution in [-0.2, 0) is 4.79 Å². The summed E-state index contributed by atoms with van der Waals surface area (Å²) >= 11 is 0. The quantitative estimate of drug-likeness (QED) is 0.843. The van der Waals surface area contributed by atoms with E-state index >= 15 is 0 Å². The molecule has 0 aliphatic carbocycles. The van der Waals surface area contributed by atoms with Gasteiger partial charge in [-0.05, 0) is 24.6 Å².